The SMILES string of the molecule is CC(=O)NC1CC(C)(C)CC(C)(CNC(=O)OCCOCCC[Si](C)(C)O[Si](C)(C)O[Si](C)(C)CCCOCCOC(=O)NC2CC(C)(C)CC(C)(CNC(=O)OCCOC[Si](C)(C)O[Si](C)(C)O[Si](C)(C)COO)C2)C1. The molecule has 26 heteroatoms. The summed E-state index contributed by atoms with van der Waals surface area (Å²) >= 11 is 0. The van der Waals surface area contributed by atoms with Crippen LogP contribution in [0.5, 0.6) is 0 Å². The third-order valence-electron chi connectivity index (χ3n) is 13.4. The average molecular weight is 1200 g/mol. The first-order valence-electron chi connectivity index (χ1n) is 28.0. The van der Waals surface area contributed by atoms with Crippen molar-refractivity contribution in [2.75, 3.05) is 78.4 Å². The maximum Gasteiger partial charge on any atom is 0.407 e. The van der Waals surface area contributed by atoms with E-state index >= 15 is 0 Å². The number of carbonyl (C=O) groups excluding carboxylic acids is 4. The van der Waals surface area contributed by atoms with Gasteiger partial charge in [-0.2, -0.15) is 0 Å². The fourth-order valence-corrected chi connectivity index (χ4v) is 38.8. The minimum Gasteiger partial charge on any atom is -0.447 e. The van der Waals surface area contributed by atoms with Crippen molar-refractivity contribution in [3.63, 3.8) is 0 Å². The van der Waals surface area contributed by atoms with Gasteiger partial charge in [0.25, 0.3) is 0 Å². The highest BCUT2D eigenvalue weighted by molar-refractivity contribution is 6.88. The molecular formula is C51H108N4O16Si6. The summed E-state index contributed by atoms with van der Waals surface area (Å²) in [5, 5.41) is 20.9. The molecule has 4 amide bonds. The van der Waals surface area contributed by atoms with E-state index in [-0.39, 0.29) is 72.3 Å². The van der Waals surface area contributed by atoms with Crippen molar-refractivity contribution < 1.29 is 74.2 Å². The van der Waals surface area contributed by atoms with E-state index in [1.165, 1.54) is 0 Å². The van der Waals surface area contributed by atoms with Crippen LogP contribution in [0, 0.1) is 21.7 Å². The van der Waals surface area contributed by atoms with Crippen LogP contribution in [0.1, 0.15) is 99.8 Å². The Morgan fingerprint density at radius 1 is 0.468 bits per heavy atom. The second-order valence-electron chi connectivity index (χ2n) is 27.5. The van der Waals surface area contributed by atoms with E-state index in [2.05, 4.69) is 120 Å². The van der Waals surface area contributed by atoms with Gasteiger partial charge in [-0.05, 0) is 164 Å². The highest BCUT2D eigenvalue weighted by Crippen LogP contribution is 2.47. The predicted molar refractivity (Wildman–Crippen MR) is 315 cm³/mol. The minimum absolute atomic E-state index is 0.0278. The third-order valence-corrected chi connectivity index (χ3v) is 34.9. The van der Waals surface area contributed by atoms with Crippen LogP contribution in [0.25, 0.3) is 0 Å². The molecule has 4 unspecified atom stereocenters. The molecule has 452 valence electrons. The molecule has 0 aromatic heterocycles. The average Bonchev–Trinajstić information content (AvgIpc) is 3.20. The van der Waals surface area contributed by atoms with E-state index in [4.69, 9.17) is 50.1 Å². The number of nitrogens with one attached hydrogen (secondary N) is 4. The molecule has 0 aromatic rings. The number of alkyl carbamates (subject to hydrolysis) is 3. The highest BCUT2D eigenvalue weighted by Gasteiger charge is 2.45. The summed E-state index contributed by atoms with van der Waals surface area (Å²) in [7, 11) is -13.5. The smallest absolute Gasteiger partial charge is 0.407 e. The summed E-state index contributed by atoms with van der Waals surface area (Å²) in [6.45, 7) is 43.0. The van der Waals surface area contributed by atoms with Gasteiger partial charge in [0.15, 0.2) is 16.6 Å². The molecule has 5 N–H and O–H groups in total. The zero-order valence-electron chi connectivity index (χ0n) is 51.3. The lowest BCUT2D eigenvalue weighted by Crippen LogP contribution is -2.55. The fourth-order valence-electron chi connectivity index (χ4n) is 12.2. The molecular weight excluding hydrogens is 1090 g/mol. The van der Waals surface area contributed by atoms with E-state index in [1.54, 1.807) is 6.92 Å². The lowest BCUT2D eigenvalue weighted by atomic mass is 9.62. The number of amides is 4. The van der Waals surface area contributed by atoms with Crippen LogP contribution in [0.2, 0.25) is 90.7 Å². The maximum absolute atomic E-state index is 12.9. The van der Waals surface area contributed by atoms with Gasteiger partial charge >= 0.3 is 35.4 Å². The Morgan fingerprint density at radius 2 is 0.831 bits per heavy atom. The lowest BCUT2D eigenvalue weighted by Gasteiger charge is -2.46. The van der Waals surface area contributed by atoms with E-state index < -0.39 is 68.7 Å². The Morgan fingerprint density at radius 3 is 1.23 bits per heavy atom. The zero-order chi connectivity index (χ0) is 58.6. The molecule has 2 aliphatic carbocycles. The van der Waals surface area contributed by atoms with E-state index in [9.17, 15) is 19.2 Å². The lowest BCUT2D eigenvalue weighted by molar-refractivity contribution is -0.228. The summed E-state index contributed by atoms with van der Waals surface area (Å²) in [5.41, 5.74) is -0.440. The first-order chi connectivity index (χ1) is 35.2. The monoisotopic (exact) mass is 1200 g/mol. The van der Waals surface area contributed by atoms with Gasteiger partial charge in [0.2, 0.25) is 22.5 Å². The number of carbonyl (C=O) groups is 4. The van der Waals surface area contributed by atoms with Crippen LogP contribution in [-0.2, 0) is 54.6 Å². The normalized spacial score (nSPS) is 22.2. The van der Waals surface area contributed by atoms with Crippen molar-refractivity contribution in [1.29, 1.82) is 0 Å². The first kappa shape index (κ1) is 71.3. The van der Waals surface area contributed by atoms with Crippen molar-refractivity contribution in [2.24, 2.45) is 21.7 Å². The molecule has 0 radical (unpaired) electrons. The third kappa shape index (κ3) is 32.5. The van der Waals surface area contributed by atoms with Crippen LogP contribution < -0.4 is 21.3 Å². The van der Waals surface area contributed by atoms with E-state index in [0.717, 1.165) is 57.0 Å². The molecule has 0 aliphatic heterocycles. The number of rotatable bonds is 35. The Bertz CT molecular complexity index is 1830. The van der Waals surface area contributed by atoms with Crippen molar-refractivity contribution in [3.8, 4) is 0 Å². The second-order valence-corrected chi connectivity index (χ2v) is 52.0. The molecule has 0 heterocycles. The topological polar surface area (TPSA) is 238 Å². The van der Waals surface area contributed by atoms with Crippen molar-refractivity contribution in [3.05, 3.63) is 0 Å². The van der Waals surface area contributed by atoms with Gasteiger partial charge in [-0.15, -0.1) is 0 Å². The van der Waals surface area contributed by atoms with Crippen LogP contribution in [0.15, 0.2) is 0 Å². The van der Waals surface area contributed by atoms with Gasteiger partial charge in [-0.3, -0.25) is 10.1 Å². The molecule has 2 fully saturated rings. The van der Waals surface area contributed by atoms with Crippen LogP contribution in [-0.4, -0.2) is 170 Å². The quantitative estimate of drug-likeness (QED) is 0.0130. The number of hydrogen-bond acceptors (Lipinski definition) is 16. The molecule has 77 heavy (non-hydrogen) atoms. The molecule has 4 atom stereocenters. The van der Waals surface area contributed by atoms with Crippen LogP contribution in [0.4, 0.5) is 14.4 Å². The van der Waals surface area contributed by atoms with Gasteiger partial charge < -0.3 is 66.1 Å². The van der Waals surface area contributed by atoms with E-state index in [1.807, 2.05) is 26.2 Å². The molecule has 2 saturated carbocycles. The van der Waals surface area contributed by atoms with Crippen LogP contribution >= 0.6 is 0 Å². The van der Waals surface area contributed by atoms with Crippen LogP contribution in [0.3, 0.4) is 0 Å². The Labute approximate surface area is 470 Å². The largest absolute Gasteiger partial charge is 0.447 e. The van der Waals surface area contributed by atoms with E-state index in [0.29, 0.717) is 52.2 Å². The van der Waals surface area contributed by atoms with Gasteiger partial charge in [0.05, 0.1) is 32.3 Å². The summed E-state index contributed by atoms with van der Waals surface area (Å²) in [6, 6.07) is 1.80. The highest BCUT2D eigenvalue weighted by atomic mass is 28.5. The summed E-state index contributed by atoms with van der Waals surface area (Å²) in [6.07, 6.45) is 5.81. The molecule has 20 nitrogen and oxygen atoms in total. The molecule has 2 aliphatic rings. The molecule has 0 saturated heterocycles. The van der Waals surface area contributed by atoms with Gasteiger partial charge in [0.1, 0.15) is 19.8 Å². The Balaban J connectivity index is 1.61. The molecule has 0 aromatic carbocycles. The van der Waals surface area contributed by atoms with Crippen molar-refractivity contribution in [2.45, 2.75) is 203 Å². The van der Waals surface area contributed by atoms with Gasteiger partial charge in [0, 0.05) is 45.3 Å². The summed E-state index contributed by atoms with van der Waals surface area (Å²) in [5.74, 6) is -0.0278. The number of hydrogen-bond donors (Lipinski definition) is 5. The summed E-state index contributed by atoms with van der Waals surface area (Å²) < 4.78 is 60.2. The summed E-state index contributed by atoms with van der Waals surface area (Å²) in [4.78, 5) is 54.2. The predicted octanol–water partition coefficient (Wildman–Crippen LogP) is 10.2. The standard InChI is InChI=1S/C51H108N4O16Si6/c1-42(56)54-43-32-48(2,3)36-50(6,34-43)38-52-45(57)64-27-24-61-22-20-30-72(8,9)68-76(16,17)69-73(10,11)31-21-23-62-25-28-66-47(59)55-44-33-49(4,5)37-51(7,35-44)39-53-46(58)65-29-26-63-40-74(12,13)70-77(18,19)71-75(14,15)41-67-60/h43-44,60H,20-41H2,1-19H3,(H,52,57)(H,53,58)(H,54,56)(H,55,59). The zero-order valence-corrected chi connectivity index (χ0v) is 57.3. The van der Waals surface area contributed by atoms with Crippen molar-refractivity contribution in [1.82, 2.24) is 21.3 Å². The van der Waals surface area contributed by atoms with Gasteiger partial charge in [-0.25, -0.2) is 19.3 Å². The first-order valence-corrected chi connectivity index (χ1v) is 46.1. The fraction of sp³-hybridized carbons (Fsp3) is 0.922. The second kappa shape index (κ2) is 31.0. The minimum atomic E-state index is -2.49. The van der Waals surface area contributed by atoms with Gasteiger partial charge in [-0.1, -0.05) is 41.5 Å². The molecule has 2 rings (SSSR count). The Hall–Kier alpha value is -1.78. The number of ether oxygens (including phenoxy) is 6. The molecule has 0 bridgehead atoms. The Kier molecular flexibility index (Phi) is 28.8. The van der Waals surface area contributed by atoms with Crippen molar-refractivity contribution >= 4 is 74.6 Å². The molecule has 0 spiro atoms. The maximum atomic E-state index is 12.9.